The first-order chi connectivity index (χ1) is 8.54. The topological polar surface area (TPSA) is 97.2 Å². The molecule has 0 atom stereocenters. The fourth-order valence-electron chi connectivity index (χ4n) is 1.19. The molecule has 0 unspecified atom stereocenters. The molecule has 0 aromatic carbocycles. The number of hydrogen-bond acceptors (Lipinski definition) is 5. The van der Waals surface area contributed by atoms with E-state index in [0.29, 0.717) is 6.54 Å². The van der Waals surface area contributed by atoms with Gasteiger partial charge in [0.2, 0.25) is 11.7 Å². The molecular weight excluding hydrogens is 260 g/mol. The van der Waals surface area contributed by atoms with E-state index in [0.717, 1.165) is 6.42 Å². The highest BCUT2D eigenvalue weighted by Gasteiger charge is 2.16. The Morgan fingerprint density at radius 2 is 2.33 bits per heavy atom. The van der Waals surface area contributed by atoms with E-state index in [2.05, 4.69) is 15.6 Å². The van der Waals surface area contributed by atoms with Crippen LogP contribution >= 0.6 is 11.6 Å². The van der Waals surface area contributed by atoms with Gasteiger partial charge < -0.3 is 10.6 Å². The molecule has 0 fully saturated rings. The van der Waals surface area contributed by atoms with Gasteiger partial charge in [-0.3, -0.25) is 14.9 Å². The molecule has 1 amide bonds. The number of anilines is 1. The summed E-state index contributed by atoms with van der Waals surface area (Å²) in [5.41, 5.74) is -0.259. The molecule has 18 heavy (non-hydrogen) atoms. The SMILES string of the molecule is CCCNC(=O)CNc1ncc(Cl)cc1[N+](=O)[O-]. The number of hydrogen-bond donors (Lipinski definition) is 2. The summed E-state index contributed by atoms with van der Waals surface area (Å²) in [5.74, 6) is -0.223. The van der Waals surface area contributed by atoms with Gasteiger partial charge in [0.25, 0.3) is 0 Å². The lowest BCUT2D eigenvalue weighted by atomic mass is 10.4. The van der Waals surface area contributed by atoms with Crippen molar-refractivity contribution in [1.29, 1.82) is 0 Å². The number of amides is 1. The molecule has 1 aromatic rings. The van der Waals surface area contributed by atoms with Gasteiger partial charge in [-0.1, -0.05) is 18.5 Å². The third kappa shape index (κ3) is 4.17. The minimum atomic E-state index is -0.606. The Morgan fingerprint density at radius 1 is 1.61 bits per heavy atom. The molecule has 1 heterocycles. The highest BCUT2D eigenvalue weighted by atomic mass is 35.5. The third-order valence-electron chi connectivity index (χ3n) is 2.02. The van der Waals surface area contributed by atoms with E-state index < -0.39 is 4.92 Å². The Bertz CT molecular complexity index is 453. The molecule has 0 saturated heterocycles. The fourth-order valence-corrected chi connectivity index (χ4v) is 1.35. The highest BCUT2D eigenvalue weighted by Crippen LogP contribution is 2.24. The summed E-state index contributed by atoms with van der Waals surface area (Å²) >= 11 is 5.62. The number of halogens is 1. The summed E-state index contributed by atoms with van der Waals surface area (Å²) in [6.07, 6.45) is 2.10. The molecular formula is C10H13ClN4O3. The van der Waals surface area contributed by atoms with Crippen LogP contribution in [-0.2, 0) is 4.79 Å². The highest BCUT2D eigenvalue weighted by molar-refractivity contribution is 6.30. The number of carbonyl (C=O) groups excluding carboxylic acids is 1. The number of rotatable bonds is 6. The molecule has 0 aliphatic carbocycles. The van der Waals surface area contributed by atoms with Crippen molar-refractivity contribution in [3.05, 3.63) is 27.4 Å². The minimum Gasteiger partial charge on any atom is -0.355 e. The van der Waals surface area contributed by atoms with Gasteiger partial charge in [-0.15, -0.1) is 0 Å². The minimum absolute atomic E-state index is 0.0241. The third-order valence-corrected chi connectivity index (χ3v) is 2.23. The predicted octanol–water partition coefficient (Wildman–Crippen LogP) is 1.58. The van der Waals surface area contributed by atoms with Crippen molar-refractivity contribution >= 4 is 29.0 Å². The smallest absolute Gasteiger partial charge is 0.312 e. The molecule has 8 heteroatoms. The van der Waals surface area contributed by atoms with Gasteiger partial charge >= 0.3 is 5.69 Å². The number of pyridine rings is 1. The molecule has 98 valence electrons. The molecule has 0 bridgehead atoms. The number of nitro groups is 1. The Kier molecular flexibility index (Phi) is 5.31. The first kappa shape index (κ1) is 14.2. The van der Waals surface area contributed by atoms with Gasteiger partial charge in [0.05, 0.1) is 16.5 Å². The van der Waals surface area contributed by atoms with E-state index in [4.69, 9.17) is 11.6 Å². The zero-order chi connectivity index (χ0) is 13.5. The van der Waals surface area contributed by atoms with Crippen molar-refractivity contribution in [1.82, 2.24) is 10.3 Å². The molecule has 1 aromatic heterocycles. The van der Waals surface area contributed by atoms with Crippen molar-refractivity contribution < 1.29 is 9.72 Å². The van der Waals surface area contributed by atoms with E-state index in [1.165, 1.54) is 12.3 Å². The second-order valence-electron chi connectivity index (χ2n) is 3.48. The van der Waals surface area contributed by atoms with Crippen LogP contribution in [0.4, 0.5) is 11.5 Å². The van der Waals surface area contributed by atoms with Crippen LogP contribution in [0.1, 0.15) is 13.3 Å². The van der Waals surface area contributed by atoms with Gasteiger partial charge in [-0.05, 0) is 6.42 Å². The second kappa shape index (κ2) is 6.75. The van der Waals surface area contributed by atoms with E-state index in [-0.39, 0.29) is 29.0 Å². The lowest BCUT2D eigenvalue weighted by Gasteiger charge is -2.06. The quantitative estimate of drug-likeness (QED) is 0.605. The van der Waals surface area contributed by atoms with Gasteiger partial charge in [-0.2, -0.15) is 0 Å². The van der Waals surface area contributed by atoms with Gasteiger partial charge in [0, 0.05) is 18.8 Å². The Hall–Kier alpha value is -1.89. The second-order valence-corrected chi connectivity index (χ2v) is 3.92. The van der Waals surface area contributed by atoms with E-state index >= 15 is 0 Å². The molecule has 0 aliphatic heterocycles. The lowest BCUT2D eigenvalue weighted by molar-refractivity contribution is -0.384. The molecule has 0 aliphatic rings. The maximum atomic E-state index is 11.3. The zero-order valence-corrected chi connectivity index (χ0v) is 10.5. The Morgan fingerprint density at radius 3 is 2.94 bits per heavy atom. The zero-order valence-electron chi connectivity index (χ0n) is 9.77. The Balaban J connectivity index is 2.67. The van der Waals surface area contributed by atoms with Crippen LogP contribution in [0, 0.1) is 10.1 Å². The molecule has 0 saturated carbocycles. The van der Waals surface area contributed by atoms with Crippen LogP contribution in [-0.4, -0.2) is 28.9 Å². The van der Waals surface area contributed by atoms with Crippen LogP contribution < -0.4 is 10.6 Å². The number of nitrogens with zero attached hydrogens (tertiary/aromatic N) is 2. The summed E-state index contributed by atoms with van der Waals surface area (Å²) in [6.45, 7) is 2.42. The van der Waals surface area contributed by atoms with Crippen molar-refractivity contribution in [3.8, 4) is 0 Å². The maximum Gasteiger partial charge on any atom is 0.312 e. The molecule has 0 spiro atoms. The van der Waals surface area contributed by atoms with Crippen molar-refractivity contribution in [2.45, 2.75) is 13.3 Å². The van der Waals surface area contributed by atoms with E-state index in [1.54, 1.807) is 0 Å². The Labute approximate surface area is 109 Å². The fraction of sp³-hybridized carbons (Fsp3) is 0.400. The van der Waals surface area contributed by atoms with Crippen LogP contribution in [0.25, 0.3) is 0 Å². The number of nitrogens with one attached hydrogen (secondary N) is 2. The van der Waals surface area contributed by atoms with Crippen LogP contribution in [0.5, 0.6) is 0 Å². The summed E-state index contributed by atoms with van der Waals surface area (Å²) in [4.78, 5) is 25.3. The molecule has 2 N–H and O–H groups in total. The summed E-state index contributed by atoms with van der Waals surface area (Å²) in [6, 6.07) is 1.18. The first-order valence-electron chi connectivity index (χ1n) is 5.35. The largest absolute Gasteiger partial charge is 0.355 e. The molecule has 0 radical (unpaired) electrons. The van der Waals surface area contributed by atoms with E-state index in [1.807, 2.05) is 6.92 Å². The van der Waals surface area contributed by atoms with Crippen LogP contribution in [0.2, 0.25) is 5.02 Å². The van der Waals surface area contributed by atoms with Crippen molar-refractivity contribution in [2.24, 2.45) is 0 Å². The average Bonchev–Trinajstić information content (AvgIpc) is 2.34. The van der Waals surface area contributed by atoms with Gasteiger partial charge in [-0.25, -0.2) is 4.98 Å². The monoisotopic (exact) mass is 272 g/mol. The maximum absolute atomic E-state index is 11.3. The number of carbonyl (C=O) groups is 1. The standard InChI is InChI=1S/C10H13ClN4O3/c1-2-3-12-9(16)6-14-10-8(15(17)18)4-7(11)5-13-10/h4-5H,2-3,6H2,1H3,(H,12,16)(H,13,14). The van der Waals surface area contributed by atoms with Gasteiger partial charge in [0.15, 0.2) is 0 Å². The summed E-state index contributed by atoms with van der Waals surface area (Å²) in [7, 11) is 0. The van der Waals surface area contributed by atoms with Crippen molar-refractivity contribution in [3.63, 3.8) is 0 Å². The van der Waals surface area contributed by atoms with Crippen molar-refractivity contribution in [2.75, 3.05) is 18.4 Å². The molecule has 1 rings (SSSR count). The van der Waals surface area contributed by atoms with Gasteiger partial charge in [0.1, 0.15) is 0 Å². The summed E-state index contributed by atoms with van der Waals surface area (Å²) < 4.78 is 0. The number of aromatic nitrogens is 1. The summed E-state index contributed by atoms with van der Waals surface area (Å²) in [5, 5.41) is 16.2. The lowest BCUT2D eigenvalue weighted by Crippen LogP contribution is -2.30. The molecule has 7 nitrogen and oxygen atoms in total. The van der Waals surface area contributed by atoms with Crippen LogP contribution in [0.3, 0.4) is 0 Å². The van der Waals surface area contributed by atoms with E-state index in [9.17, 15) is 14.9 Å². The average molecular weight is 273 g/mol. The first-order valence-corrected chi connectivity index (χ1v) is 5.73. The van der Waals surface area contributed by atoms with Crippen LogP contribution in [0.15, 0.2) is 12.3 Å². The predicted molar refractivity (Wildman–Crippen MR) is 67.7 cm³/mol. The normalized spacial score (nSPS) is 9.89.